The SMILES string of the molecule is COC(=O)Cn1c(=NC(=O)COc2ccc(Cl)cc2)sc2cccc(F)c21. The van der Waals surface area contributed by atoms with Gasteiger partial charge < -0.3 is 14.0 Å². The molecule has 0 aliphatic heterocycles. The summed E-state index contributed by atoms with van der Waals surface area (Å²) in [6, 6.07) is 11.0. The Morgan fingerprint density at radius 2 is 1.96 bits per heavy atom. The number of methoxy groups -OCH3 is 1. The minimum absolute atomic E-state index is 0.185. The molecule has 6 nitrogen and oxygen atoms in total. The molecule has 0 N–H and O–H groups in total. The van der Waals surface area contributed by atoms with Crippen LogP contribution in [0.5, 0.6) is 5.75 Å². The van der Waals surface area contributed by atoms with E-state index < -0.39 is 17.7 Å². The first-order valence-corrected chi connectivity index (χ1v) is 8.98. The quantitative estimate of drug-likeness (QED) is 0.608. The summed E-state index contributed by atoms with van der Waals surface area (Å²) in [6.07, 6.45) is 0. The molecule has 9 heteroatoms. The smallest absolute Gasteiger partial charge is 0.325 e. The number of rotatable bonds is 5. The Kier molecular flexibility index (Phi) is 5.88. The number of benzene rings is 2. The second-order valence-electron chi connectivity index (χ2n) is 5.38. The van der Waals surface area contributed by atoms with Crippen LogP contribution in [0.4, 0.5) is 4.39 Å². The van der Waals surface area contributed by atoms with Crippen molar-refractivity contribution in [2.24, 2.45) is 4.99 Å². The molecule has 0 fully saturated rings. The number of aromatic nitrogens is 1. The molecule has 1 amide bonds. The van der Waals surface area contributed by atoms with Crippen molar-refractivity contribution in [3.63, 3.8) is 0 Å². The fourth-order valence-electron chi connectivity index (χ4n) is 2.33. The zero-order chi connectivity index (χ0) is 19.4. The number of para-hydroxylation sites is 1. The predicted molar refractivity (Wildman–Crippen MR) is 99.3 cm³/mol. The summed E-state index contributed by atoms with van der Waals surface area (Å²) in [5, 5.41) is 0.550. The fourth-order valence-corrected chi connectivity index (χ4v) is 3.51. The van der Waals surface area contributed by atoms with Gasteiger partial charge in [0.2, 0.25) is 0 Å². The summed E-state index contributed by atoms with van der Waals surface area (Å²) in [5.41, 5.74) is 0.193. The Balaban J connectivity index is 1.90. The summed E-state index contributed by atoms with van der Waals surface area (Å²) >= 11 is 6.89. The van der Waals surface area contributed by atoms with Gasteiger partial charge in [-0.1, -0.05) is 29.0 Å². The highest BCUT2D eigenvalue weighted by Gasteiger charge is 2.15. The number of nitrogens with zero attached hydrogens (tertiary/aromatic N) is 2. The van der Waals surface area contributed by atoms with Crippen LogP contribution < -0.4 is 9.54 Å². The molecular weight excluding hydrogens is 395 g/mol. The van der Waals surface area contributed by atoms with Gasteiger partial charge in [0.15, 0.2) is 11.4 Å². The van der Waals surface area contributed by atoms with Gasteiger partial charge >= 0.3 is 5.97 Å². The van der Waals surface area contributed by atoms with Crippen molar-refractivity contribution in [3.8, 4) is 5.75 Å². The number of hydrogen-bond acceptors (Lipinski definition) is 5. The van der Waals surface area contributed by atoms with Crippen molar-refractivity contribution in [1.82, 2.24) is 4.57 Å². The minimum atomic E-state index is -0.579. The lowest BCUT2D eigenvalue weighted by molar-refractivity contribution is -0.141. The van der Waals surface area contributed by atoms with Crippen LogP contribution in [0.15, 0.2) is 47.5 Å². The van der Waals surface area contributed by atoms with E-state index in [0.717, 1.165) is 11.3 Å². The first-order valence-electron chi connectivity index (χ1n) is 7.78. The zero-order valence-corrected chi connectivity index (χ0v) is 15.7. The van der Waals surface area contributed by atoms with E-state index in [4.69, 9.17) is 16.3 Å². The molecule has 0 saturated heterocycles. The molecule has 0 bridgehead atoms. The summed E-state index contributed by atoms with van der Waals surface area (Å²) in [7, 11) is 1.23. The highest BCUT2D eigenvalue weighted by molar-refractivity contribution is 7.16. The van der Waals surface area contributed by atoms with E-state index in [1.54, 1.807) is 36.4 Å². The third-order valence-electron chi connectivity index (χ3n) is 3.56. The van der Waals surface area contributed by atoms with Crippen molar-refractivity contribution in [2.75, 3.05) is 13.7 Å². The predicted octanol–water partition coefficient (Wildman–Crippen LogP) is 3.17. The molecule has 2 aromatic carbocycles. The van der Waals surface area contributed by atoms with Crippen LogP contribution in [0.1, 0.15) is 0 Å². The number of fused-ring (bicyclic) bond motifs is 1. The first kappa shape index (κ1) is 19.1. The van der Waals surface area contributed by atoms with E-state index in [-0.39, 0.29) is 23.5 Å². The molecule has 0 aliphatic carbocycles. The number of carbonyl (C=O) groups is 2. The van der Waals surface area contributed by atoms with E-state index in [0.29, 0.717) is 15.5 Å². The van der Waals surface area contributed by atoms with Crippen molar-refractivity contribution < 1.29 is 23.5 Å². The molecule has 0 radical (unpaired) electrons. The monoisotopic (exact) mass is 408 g/mol. The Bertz CT molecular complexity index is 1060. The van der Waals surface area contributed by atoms with Gasteiger partial charge in [-0.15, -0.1) is 0 Å². The first-order chi connectivity index (χ1) is 13.0. The molecule has 1 aromatic heterocycles. The van der Waals surface area contributed by atoms with Gasteiger partial charge in [0.1, 0.15) is 18.1 Å². The van der Waals surface area contributed by atoms with E-state index in [2.05, 4.69) is 9.73 Å². The van der Waals surface area contributed by atoms with Crippen LogP contribution in [0.3, 0.4) is 0 Å². The molecule has 27 heavy (non-hydrogen) atoms. The molecule has 0 aliphatic rings. The topological polar surface area (TPSA) is 69.9 Å². The molecule has 0 unspecified atom stereocenters. The summed E-state index contributed by atoms with van der Waals surface area (Å²) in [4.78, 5) is 28.0. The summed E-state index contributed by atoms with van der Waals surface area (Å²) < 4.78 is 26.1. The van der Waals surface area contributed by atoms with Gasteiger partial charge in [-0.05, 0) is 36.4 Å². The van der Waals surface area contributed by atoms with E-state index in [1.807, 2.05) is 0 Å². The van der Waals surface area contributed by atoms with Gasteiger partial charge in [-0.3, -0.25) is 9.59 Å². The Labute approximate surface area is 162 Å². The van der Waals surface area contributed by atoms with E-state index in [1.165, 1.54) is 17.7 Å². The molecule has 1 heterocycles. The van der Waals surface area contributed by atoms with Crippen molar-refractivity contribution in [1.29, 1.82) is 0 Å². The maximum atomic E-state index is 14.2. The van der Waals surface area contributed by atoms with Crippen LogP contribution in [-0.2, 0) is 20.9 Å². The standard InChI is InChI=1S/C18H14ClFN2O4S/c1-25-16(24)9-22-17-13(20)3-2-4-14(17)27-18(22)21-15(23)10-26-12-7-5-11(19)6-8-12/h2-8H,9-10H2,1H3. The average Bonchev–Trinajstić information content (AvgIpc) is 2.99. The van der Waals surface area contributed by atoms with Gasteiger partial charge in [-0.25, -0.2) is 4.39 Å². The van der Waals surface area contributed by atoms with Crippen LogP contribution in [-0.4, -0.2) is 30.2 Å². The maximum absolute atomic E-state index is 14.2. The Morgan fingerprint density at radius 3 is 2.67 bits per heavy atom. The largest absolute Gasteiger partial charge is 0.484 e. The zero-order valence-electron chi connectivity index (χ0n) is 14.1. The van der Waals surface area contributed by atoms with E-state index >= 15 is 0 Å². The fraction of sp³-hybridized carbons (Fsp3) is 0.167. The lowest BCUT2D eigenvalue weighted by atomic mass is 10.3. The average molecular weight is 409 g/mol. The molecule has 3 rings (SSSR count). The molecular formula is C18H14ClFN2O4S. The number of ether oxygens (including phenoxy) is 2. The Hall–Kier alpha value is -2.71. The number of hydrogen-bond donors (Lipinski definition) is 0. The van der Waals surface area contributed by atoms with Crippen molar-refractivity contribution in [2.45, 2.75) is 6.54 Å². The third kappa shape index (κ3) is 4.53. The third-order valence-corrected chi connectivity index (χ3v) is 4.86. The number of amides is 1. The van der Waals surface area contributed by atoms with Gasteiger partial charge in [-0.2, -0.15) is 4.99 Å². The van der Waals surface area contributed by atoms with Crippen LogP contribution in [0.2, 0.25) is 5.02 Å². The van der Waals surface area contributed by atoms with Crippen LogP contribution in [0, 0.1) is 5.82 Å². The molecule has 0 spiro atoms. The van der Waals surface area contributed by atoms with Crippen molar-refractivity contribution in [3.05, 3.63) is 58.1 Å². The molecule has 0 atom stereocenters. The highest BCUT2D eigenvalue weighted by Crippen LogP contribution is 2.20. The second-order valence-corrected chi connectivity index (χ2v) is 6.83. The van der Waals surface area contributed by atoms with Gasteiger partial charge in [0.25, 0.3) is 5.91 Å². The number of esters is 1. The van der Waals surface area contributed by atoms with Crippen LogP contribution >= 0.6 is 22.9 Å². The number of carbonyl (C=O) groups excluding carboxylic acids is 2. The summed E-state index contributed by atoms with van der Waals surface area (Å²) in [5.74, 6) is -1.20. The van der Waals surface area contributed by atoms with Crippen LogP contribution in [0.25, 0.3) is 10.2 Å². The maximum Gasteiger partial charge on any atom is 0.325 e. The normalized spacial score (nSPS) is 11.6. The van der Waals surface area contributed by atoms with Gasteiger partial charge in [0, 0.05) is 5.02 Å². The minimum Gasteiger partial charge on any atom is -0.484 e. The lowest BCUT2D eigenvalue weighted by Crippen LogP contribution is -2.24. The Morgan fingerprint density at radius 1 is 1.22 bits per heavy atom. The summed E-state index contributed by atoms with van der Waals surface area (Å²) in [6.45, 7) is -0.571. The molecule has 0 saturated carbocycles. The van der Waals surface area contributed by atoms with E-state index in [9.17, 15) is 14.0 Å². The van der Waals surface area contributed by atoms with Gasteiger partial charge in [0.05, 0.1) is 17.3 Å². The number of halogens is 2. The highest BCUT2D eigenvalue weighted by atomic mass is 35.5. The lowest BCUT2D eigenvalue weighted by Gasteiger charge is -2.05. The van der Waals surface area contributed by atoms with Crippen molar-refractivity contribution >= 4 is 45.0 Å². The molecule has 140 valence electrons. The second kappa shape index (κ2) is 8.32. The number of thiazole rings is 1. The molecule has 3 aromatic rings.